The predicted molar refractivity (Wildman–Crippen MR) is 83.3 cm³/mol. The molecule has 1 fully saturated rings. The van der Waals surface area contributed by atoms with Gasteiger partial charge in [-0.05, 0) is 37.5 Å². The Kier molecular flexibility index (Phi) is 4.63. The summed E-state index contributed by atoms with van der Waals surface area (Å²) in [7, 11) is 0. The molecule has 1 aliphatic rings. The monoisotopic (exact) mass is 305 g/mol. The molecule has 1 aliphatic carbocycles. The molecular formula is C17H20ClNO2. The van der Waals surface area contributed by atoms with Crippen LogP contribution in [0.1, 0.15) is 35.5 Å². The first-order chi connectivity index (χ1) is 10.2. The molecule has 1 aromatic heterocycles. The van der Waals surface area contributed by atoms with E-state index in [2.05, 4.69) is 11.4 Å². The Labute approximate surface area is 130 Å². The molecule has 112 valence electrons. The first kappa shape index (κ1) is 14.6. The highest BCUT2D eigenvalue weighted by atomic mass is 35.5. The third-order valence-electron chi connectivity index (χ3n) is 3.69. The zero-order valence-corrected chi connectivity index (χ0v) is 13.0. The summed E-state index contributed by atoms with van der Waals surface area (Å²) in [6.45, 7) is 3.84. The average molecular weight is 306 g/mol. The molecular weight excluding hydrogens is 286 g/mol. The predicted octanol–water partition coefficient (Wildman–Crippen LogP) is 4.21. The van der Waals surface area contributed by atoms with E-state index in [9.17, 15) is 0 Å². The zero-order chi connectivity index (χ0) is 14.7. The van der Waals surface area contributed by atoms with E-state index < -0.39 is 0 Å². The van der Waals surface area contributed by atoms with E-state index in [0.717, 1.165) is 28.7 Å². The van der Waals surface area contributed by atoms with E-state index in [1.807, 2.05) is 31.2 Å². The van der Waals surface area contributed by atoms with Gasteiger partial charge < -0.3 is 14.5 Å². The van der Waals surface area contributed by atoms with Crippen molar-refractivity contribution in [3.05, 3.63) is 58.0 Å². The smallest absolute Gasteiger partial charge is 0.130 e. The Morgan fingerprint density at radius 3 is 2.81 bits per heavy atom. The molecule has 3 rings (SSSR count). The molecule has 0 amide bonds. The minimum Gasteiger partial charge on any atom is -0.464 e. The Hall–Kier alpha value is -1.29. The first-order valence-electron chi connectivity index (χ1n) is 7.35. The van der Waals surface area contributed by atoms with Gasteiger partial charge in [-0.3, -0.25) is 0 Å². The van der Waals surface area contributed by atoms with Gasteiger partial charge in [0.25, 0.3) is 0 Å². The Balaban J connectivity index is 1.50. The standard InChI is InChI=1S/C17H20ClNO2/c1-12-14(9-19-15-6-7-15)8-16(21-12)11-20-10-13-4-2-3-5-17(13)18/h2-5,8,15,19H,6-7,9-11H2,1H3. The minimum absolute atomic E-state index is 0.468. The molecule has 0 aliphatic heterocycles. The number of ether oxygens (including phenoxy) is 1. The van der Waals surface area contributed by atoms with Gasteiger partial charge in [-0.25, -0.2) is 0 Å². The number of rotatable bonds is 7. The van der Waals surface area contributed by atoms with E-state index >= 15 is 0 Å². The van der Waals surface area contributed by atoms with Gasteiger partial charge in [0.2, 0.25) is 0 Å². The average Bonchev–Trinajstić information content (AvgIpc) is 3.23. The second kappa shape index (κ2) is 6.65. The van der Waals surface area contributed by atoms with Crippen LogP contribution in [0.3, 0.4) is 0 Å². The third-order valence-corrected chi connectivity index (χ3v) is 4.06. The molecule has 1 heterocycles. The van der Waals surface area contributed by atoms with Crippen molar-refractivity contribution in [1.82, 2.24) is 5.32 Å². The topological polar surface area (TPSA) is 34.4 Å². The molecule has 1 N–H and O–H groups in total. The maximum absolute atomic E-state index is 6.10. The van der Waals surface area contributed by atoms with E-state index in [-0.39, 0.29) is 0 Å². The van der Waals surface area contributed by atoms with Crippen molar-refractivity contribution in [3.8, 4) is 0 Å². The van der Waals surface area contributed by atoms with Crippen molar-refractivity contribution in [2.24, 2.45) is 0 Å². The summed E-state index contributed by atoms with van der Waals surface area (Å²) in [6.07, 6.45) is 2.59. The fourth-order valence-electron chi connectivity index (χ4n) is 2.25. The normalized spacial score (nSPS) is 14.6. The van der Waals surface area contributed by atoms with Crippen molar-refractivity contribution < 1.29 is 9.15 Å². The fourth-order valence-corrected chi connectivity index (χ4v) is 2.44. The van der Waals surface area contributed by atoms with Gasteiger partial charge in [-0.2, -0.15) is 0 Å². The van der Waals surface area contributed by atoms with Crippen molar-refractivity contribution >= 4 is 11.6 Å². The number of hydrogen-bond donors (Lipinski definition) is 1. The van der Waals surface area contributed by atoms with Crippen LogP contribution < -0.4 is 5.32 Å². The van der Waals surface area contributed by atoms with Crippen LogP contribution in [0, 0.1) is 6.92 Å². The number of hydrogen-bond acceptors (Lipinski definition) is 3. The van der Waals surface area contributed by atoms with Crippen LogP contribution >= 0.6 is 11.6 Å². The Bertz CT molecular complexity index is 605. The summed E-state index contributed by atoms with van der Waals surface area (Å²) in [5.41, 5.74) is 2.22. The Morgan fingerprint density at radius 1 is 1.24 bits per heavy atom. The van der Waals surface area contributed by atoms with Gasteiger partial charge in [0.15, 0.2) is 0 Å². The molecule has 0 bridgehead atoms. The molecule has 0 atom stereocenters. The molecule has 0 unspecified atom stereocenters. The quantitative estimate of drug-likeness (QED) is 0.832. The van der Waals surface area contributed by atoms with Crippen molar-refractivity contribution in [2.45, 2.75) is 45.6 Å². The number of aryl methyl sites for hydroxylation is 1. The van der Waals surface area contributed by atoms with Crippen LogP contribution in [0.5, 0.6) is 0 Å². The van der Waals surface area contributed by atoms with Crippen LogP contribution in [0.25, 0.3) is 0 Å². The van der Waals surface area contributed by atoms with Crippen LogP contribution in [0.2, 0.25) is 5.02 Å². The lowest BCUT2D eigenvalue weighted by Gasteiger charge is -2.04. The van der Waals surface area contributed by atoms with Crippen LogP contribution in [0.4, 0.5) is 0 Å². The van der Waals surface area contributed by atoms with Crippen molar-refractivity contribution in [1.29, 1.82) is 0 Å². The van der Waals surface area contributed by atoms with Gasteiger partial charge in [-0.15, -0.1) is 0 Å². The summed E-state index contributed by atoms with van der Waals surface area (Å²) in [6, 6.07) is 10.5. The van der Waals surface area contributed by atoms with Crippen molar-refractivity contribution in [3.63, 3.8) is 0 Å². The fraction of sp³-hybridized carbons (Fsp3) is 0.412. The van der Waals surface area contributed by atoms with Gasteiger partial charge in [0.1, 0.15) is 18.1 Å². The lowest BCUT2D eigenvalue weighted by Crippen LogP contribution is -2.15. The molecule has 2 aromatic rings. The van der Waals surface area contributed by atoms with Gasteiger partial charge in [0.05, 0.1) is 6.61 Å². The molecule has 0 saturated heterocycles. The molecule has 21 heavy (non-hydrogen) atoms. The molecule has 3 nitrogen and oxygen atoms in total. The number of nitrogens with one attached hydrogen (secondary N) is 1. The van der Waals surface area contributed by atoms with Gasteiger partial charge in [0, 0.05) is 23.2 Å². The molecule has 0 spiro atoms. The molecule has 1 aromatic carbocycles. The second-order valence-corrected chi connectivity index (χ2v) is 5.94. The summed E-state index contributed by atoms with van der Waals surface area (Å²) < 4.78 is 11.4. The molecule has 4 heteroatoms. The molecule has 0 radical (unpaired) electrons. The maximum atomic E-state index is 6.10. The van der Waals surface area contributed by atoms with E-state index in [1.54, 1.807) is 0 Å². The third kappa shape index (κ3) is 4.10. The minimum atomic E-state index is 0.468. The lowest BCUT2D eigenvalue weighted by atomic mass is 10.2. The van der Waals surface area contributed by atoms with E-state index in [1.165, 1.54) is 18.4 Å². The number of benzene rings is 1. The summed E-state index contributed by atoms with van der Waals surface area (Å²) in [5, 5.41) is 4.24. The summed E-state index contributed by atoms with van der Waals surface area (Å²) in [4.78, 5) is 0. The van der Waals surface area contributed by atoms with Crippen LogP contribution in [-0.4, -0.2) is 6.04 Å². The number of furan rings is 1. The summed E-state index contributed by atoms with van der Waals surface area (Å²) in [5.74, 6) is 1.84. The molecule has 1 saturated carbocycles. The highest BCUT2D eigenvalue weighted by Crippen LogP contribution is 2.22. The highest BCUT2D eigenvalue weighted by molar-refractivity contribution is 6.31. The largest absolute Gasteiger partial charge is 0.464 e. The Morgan fingerprint density at radius 2 is 2.05 bits per heavy atom. The summed E-state index contributed by atoms with van der Waals surface area (Å²) >= 11 is 6.10. The van der Waals surface area contributed by atoms with Crippen molar-refractivity contribution in [2.75, 3.05) is 0 Å². The van der Waals surface area contributed by atoms with Crippen LogP contribution in [-0.2, 0) is 24.5 Å². The van der Waals surface area contributed by atoms with E-state index in [4.69, 9.17) is 20.8 Å². The maximum Gasteiger partial charge on any atom is 0.130 e. The second-order valence-electron chi connectivity index (χ2n) is 5.53. The zero-order valence-electron chi connectivity index (χ0n) is 12.2. The highest BCUT2D eigenvalue weighted by Gasteiger charge is 2.20. The number of halogens is 1. The lowest BCUT2D eigenvalue weighted by molar-refractivity contribution is 0.0924. The first-order valence-corrected chi connectivity index (χ1v) is 7.73. The van der Waals surface area contributed by atoms with Gasteiger partial charge in [-0.1, -0.05) is 29.8 Å². The van der Waals surface area contributed by atoms with Gasteiger partial charge >= 0.3 is 0 Å². The van der Waals surface area contributed by atoms with E-state index in [0.29, 0.717) is 19.3 Å². The van der Waals surface area contributed by atoms with Crippen LogP contribution in [0.15, 0.2) is 34.7 Å². The SMILES string of the molecule is Cc1oc(COCc2ccccc2Cl)cc1CNC1CC1.